The standard InChI is InChI=1S/C13H16Cl2O/c1-3-10(5-4-9(2)16)11-6-7-12(14)13(15)8-11/h6-8,10H,3-5H2,1-2H3. The van der Waals surface area contributed by atoms with Gasteiger partial charge in [-0.3, -0.25) is 0 Å². The van der Waals surface area contributed by atoms with Gasteiger partial charge in [-0.25, -0.2) is 0 Å². The minimum Gasteiger partial charge on any atom is -0.300 e. The van der Waals surface area contributed by atoms with Crippen LogP contribution in [0, 0.1) is 0 Å². The Balaban J connectivity index is 2.78. The molecular formula is C13H16Cl2O. The third kappa shape index (κ3) is 3.80. The van der Waals surface area contributed by atoms with Crippen molar-refractivity contribution in [2.45, 2.75) is 39.0 Å². The lowest BCUT2D eigenvalue weighted by molar-refractivity contribution is -0.117. The maximum Gasteiger partial charge on any atom is 0.129 e. The molecule has 1 rings (SSSR count). The van der Waals surface area contributed by atoms with Crippen LogP contribution >= 0.6 is 23.2 Å². The average molecular weight is 259 g/mol. The first kappa shape index (κ1) is 13.5. The fraction of sp³-hybridized carbons (Fsp3) is 0.462. The zero-order valence-electron chi connectivity index (χ0n) is 9.59. The first-order valence-electron chi connectivity index (χ1n) is 5.49. The lowest BCUT2D eigenvalue weighted by atomic mass is 9.91. The van der Waals surface area contributed by atoms with Crippen molar-refractivity contribution < 1.29 is 4.79 Å². The molecule has 0 fully saturated rings. The molecule has 0 saturated carbocycles. The van der Waals surface area contributed by atoms with Crippen molar-refractivity contribution in [3.05, 3.63) is 33.8 Å². The smallest absolute Gasteiger partial charge is 0.129 e. The van der Waals surface area contributed by atoms with Crippen LogP contribution in [0.5, 0.6) is 0 Å². The van der Waals surface area contributed by atoms with Gasteiger partial charge in [-0.05, 0) is 43.4 Å². The number of benzene rings is 1. The van der Waals surface area contributed by atoms with Crippen molar-refractivity contribution >= 4 is 29.0 Å². The lowest BCUT2D eigenvalue weighted by Crippen LogP contribution is -2.01. The van der Waals surface area contributed by atoms with E-state index in [-0.39, 0.29) is 5.78 Å². The number of Topliss-reactive ketones (excluding diaryl/α,β-unsaturated/α-hetero) is 1. The molecule has 0 amide bonds. The molecule has 0 N–H and O–H groups in total. The molecular weight excluding hydrogens is 243 g/mol. The van der Waals surface area contributed by atoms with Crippen LogP contribution in [-0.4, -0.2) is 5.78 Å². The molecule has 88 valence electrons. The van der Waals surface area contributed by atoms with Crippen molar-refractivity contribution in [3.63, 3.8) is 0 Å². The number of ketones is 1. The van der Waals surface area contributed by atoms with Crippen LogP contribution in [-0.2, 0) is 4.79 Å². The van der Waals surface area contributed by atoms with Crippen molar-refractivity contribution in [2.75, 3.05) is 0 Å². The molecule has 16 heavy (non-hydrogen) atoms. The summed E-state index contributed by atoms with van der Waals surface area (Å²) in [7, 11) is 0. The summed E-state index contributed by atoms with van der Waals surface area (Å²) >= 11 is 11.8. The Morgan fingerprint density at radius 2 is 2.00 bits per heavy atom. The van der Waals surface area contributed by atoms with Gasteiger partial charge in [-0.2, -0.15) is 0 Å². The number of halogens is 2. The van der Waals surface area contributed by atoms with E-state index in [4.69, 9.17) is 23.2 Å². The van der Waals surface area contributed by atoms with E-state index in [1.54, 1.807) is 6.92 Å². The maximum atomic E-state index is 11.0. The average Bonchev–Trinajstić information content (AvgIpc) is 2.23. The van der Waals surface area contributed by atoms with Crippen LogP contribution in [0.2, 0.25) is 10.0 Å². The predicted molar refractivity (Wildman–Crippen MR) is 69.4 cm³/mol. The van der Waals surface area contributed by atoms with Gasteiger partial charge >= 0.3 is 0 Å². The molecule has 0 aliphatic heterocycles. The van der Waals surface area contributed by atoms with E-state index in [0.717, 1.165) is 18.4 Å². The van der Waals surface area contributed by atoms with E-state index in [9.17, 15) is 4.79 Å². The number of carbonyl (C=O) groups excluding carboxylic acids is 1. The minimum atomic E-state index is 0.235. The topological polar surface area (TPSA) is 17.1 Å². The normalized spacial score (nSPS) is 12.5. The van der Waals surface area contributed by atoms with Gasteiger partial charge in [0.2, 0.25) is 0 Å². The van der Waals surface area contributed by atoms with Crippen LogP contribution in [0.15, 0.2) is 18.2 Å². The third-order valence-corrected chi connectivity index (χ3v) is 3.49. The quantitative estimate of drug-likeness (QED) is 0.738. The molecule has 0 aliphatic rings. The maximum absolute atomic E-state index is 11.0. The molecule has 3 heteroatoms. The van der Waals surface area contributed by atoms with Crippen LogP contribution in [0.3, 0.4) is 0 Å². The monoisotopic (exact) mass is 258 g/mol. The van der Waals surface area contributed by atoms with Gasteiger partial charge in [0.25, 0.3) is 0 Å². The van der Waals surface area contributed by atoms with E-state index in [1.165, 1.54) is 0 Å². The highest BCUT2D eigenvalue weighted by atomic mass is 35.5. The van der Waals surface area contributed by atoms with E-state index in [0.29, 0.717) is 22.4 Å². The molecule has 1 aromatic carbocycles. The van der Waals surface area contributed by atoms with Gasteiger partial charge in [0.05, 0.1) is 10.0 Å². The van der Waals surface area contributed by atoms with E-state index in [1.807, 2.05) is 18.2 Å². The third-order valence-electron chi connectivity index (χ3n) is 2.75. The lowest BCUT2D eigenvalue weighted by Gasteiger charge is -2.15. The van der Waals surface area contributed by atoms with Crippen molar-refractivity contribution in [1.82, 2.24) is 0 Å². The van der Waals surface area contributed by atoms with Gasteiger partial charge < -0.3 is 4.79 Å². The summed E-state index contributed by atoms with van der Waals surface area (Å²) < 4.78 is 0. The molecule has 0 saturated heterocycles. The fourth-order valence-corrected chi connectivity index (χ4v) is 2.06. The number of hydrogen-bond donors (Lipinski definition) is 0. The van der Waals surface area contributed by atoms with E-state index >= 15 is 0 Å². The highest BCUT2D eigenvalue weighted by Crippen LogP contribution is 2.30. The van der Waals surface area contributed by atoms with Crippen molar-refractivity contribution in [1.29, 1.82) is 0 Å². The summed E-state index contributed by atoms with van der Waals surface area (Å²) in [5, 5.41) is 1.16. The fourth-order valence-electron chi connectivity index (χ4n) is 1.75. The van der Waals surface area contributed by atoms with Gasteiger partial charge in [0.15, 0.2) is 0 Å². The van der Waals surface area contributed by atoms with Crippen molar-refractivity contribution in [3.8, 4) is 0 Å². The summed E-state index contributed by atoms with van der Waals surface area (Å²) in [6.07, 6.45) is 2.51. The summed E-state index contributed by atoms with van der Waals surface area (Å²) in [6, 6.07) is 5.70. The number of carbonyl (C=O) groups is 1. The molecule has 0 bridgehead atoms. The largest absolute Gasteiger partial charge is 0.300 e. The second kappa shape index (κ2) is 6.27. The second-order valence-corrected chi connectivity index (χ2v) is 4.83. The molecule has 1 unspecified atom stereocenters. The minimum absolute atomic E-state index is 0.235. The van der Waals surface area contributed by atoms with Crippen LogP contribution in [0.4, 0.5) is 0 Å². The molecule has 1 nitrogen and oxygen atoms in total. The molecule has 0 aliphatic carbocycles. The van der Waals surface area contributed by atoms with Crippen LogP contribution in [0.1, 0.15) is 44.6 Å². The van der Waals surface area contributed by atoms with E-state index < -0.39 is 0 Å². The number of rotatable bonds is 5. The Hall–Kier alpha value is -0.530. The first-order valence-corrected chi connectivity index (χ1v) is 6.24. The highest BCUT2D eigenvalue weighted by Gasteiger charge is 2.11. The second-order valence-electron chi connectivity index (χ2n) is 4.02. The molecule has 1 aromatic rings. The molecule has 1 atom stereocenters. The Labute approximate surface area is 107 Å². The summed E-state index contributed by atoms with van der Waals surface area (Å²) in [5.41, 5.74) is 1.16. The highest BCUT2D eigenvalue weighted by molar-refractivity contribution is 6.42. The van der Waals surface area contributed by atoms with Crippen molar-refractivity contribution in [2.24, 2.45) is 0 Å². The number of hydrogen-bond acceptors (Lipinski definition) is 1. The first-order chi connectivity index (χ1) is 7.54. The predicted octanol–water partition coefficient (Wildman–Crippen LogP) is 4.86. The van der Waals surface area contributed by atoms with E-state index in [2.05, 4.69) is 6.92 Å². The molecule has 0 aromatic heterocycles. The molecule has 0 spiro atoms. The Morgan fingerprint density at radius 1 is 1.31 bits per heavy atom. The zero-order chi connectivity index (χ0) is 12.1. The Morgan fingerprint density at radius 3 is 2.50 bits per heavy atom. The Kier molecular flexibility index (Phi) is 5.30. The van der Waals surface area contributed by atoms with Gasteiger partial charge in [0.1, 0.15) is 5.78 Å². The zero-order valence-corrected chi connectivity index (χ0v) is 11.1. The SMILES string of the molecule is CCC(CCC(C)=O)c1ccc(Cl)c(Cl)c1. The van der Waals surface area contributed by atoms with Gasteiger partial charge in [-0.1, -0.05) is 36.2 Å². The summed E-state index contributed by atoms with van der Waals surface area (Å²) in [5.74, 6) is 0.622. The molecule has 0 radical (unpaired) electrons. The van der Waals surface area contributed by atoms with Gasteiger partial charge in [-0.15, -0.1) is 0 Å². The summed E-state index contributed by atoms with van der Waals surface area (Å²) in [4.78, 5) is 11.0. The Bertz CT molecular complexity index is 374. The molecule has 0 heterocycles. The van der Waals surface area contributed by atoms with Crippen LogP contribution < -0.4 is 0 Å². The summed E-state index contributed by atoms with van der Waals surface area (Å²) in [6.45, 7) is 3.74. The van der Waals surface area contributed by atoms with Gasteiger partial charge in [0, 0.05) is 6.42 Å². The van der Waals surface area contributed by atoms with Crippen LogP contribution in [0.25, 0.3) is 0 Å².